The van der Waals surface area contributed by atoms with E-state index in [1.165, 1.54) is 12.2 Å². The molecule has 2 aliphatic rings. The number of hydroxylamine groups is 2. The van der Waals surface area contributed by atoms with E-state index in [1.54, 1.807) is 0 Å². The maximum atomic E-state index is 12.0. The molecule has 1 fully saturated rings. The second kappa shape index (κ2) is 9.49. The van der Waals surface area contributed by atoms with Gasteiger partial charge in [0.25, 0.3) is 28.0 Å². The molecule has 1 N–H and O–H groups in total. The Morgan fingerprint density at radius 2 is 2.07 bits per heavy atom. The fourth-order valence-corrected chi connectivity index (χ4v) is 5.01. The summed E-state index contributed by atoms with van der Waals surface area (Å²) >= 11 is 0. The largest absolute Gasteiger partial charge is 0.353 e. The Morgan fingerprint density at radius 1 is 1.43 bits per heavy atom. The maximum Gasteiger partial charge on any atom is 0.353 e. The van der Waals surface area contributed by atoms with Crippen molar-refractivity contribution < 1.29 is 37.1 Å². The number of nitrogens with zero attached hydrogens (tertiary/aromatic N) is 3. The molecule has 0 aromatic rings. The summed E-state index contributed by atoms with van der Waals surface area (Å²) in [5.41, 5.74) is 0. The van der Waals surface area contributed by atoms with Gasteiger partial charge in [-0.2, -0.15) is 8.42 Å². The van der Waals surface area contributed by atoms with Gasteiger partial charge in [-0.25, -0.2) is 4.79 Å². The number of amides is 2. The van der Waals surface area contributed by atoms with Gasteiger partial charge in [-0.05, 0) is 29.4 Å². The topological polar surface area (TPSA) is 174 Å². The van der Waals surface area contributed by atoms with E-state index in [1.807, 2.05) is 0 Å². The van der Waals surface area contributed by atoms with Crippen LogP contribution in [0.5, 0.6) is 0 Å². The number of carbonyl (C=O) groups is 3. The van der Waals surface area contributed by atoms with Crippen LogP contribution in [0.25, 0.3) is 0 Å². The number of imide groups is 1. The number of nitro groups is 1. The fraction of sp³-hybridized carbons (Fsp3) is 0.538. The van der Waals surface area contributed by atoms with Gasteiger partial charge >= 0.3 is 5.97 Å². The zero-order chi connectivity index (χ0) is 20.9. The van der Waals surface area contributed by atoms with Gasteiger partial charge < -0.3 is 4.84 Å². The molecule has 2 unspecified atom stereocenters. The van der Waals surface area contributed by atoms with Gasteiger partial charge in [0.1, 0.15) is 11.6 Å². The van der Waals surface area contributed by atoms with Crippen molar-refractivity contribution >= 4 is 54.5 Å². The molecule has 0 spiro atoms. The molecule has 0 radical (unpaired) electrons. The first kappa shape index (κ1) is 22.3. The third-order valence-corrected chi connectivity index (χ3v) is 7.05. The van der Waals surface area contributed by atoms with Crippen LogP contribution in [0.3, 0.4) is 0 Å². The second-order valence-corrected chi connectivity index (χ2v) is 9.62. The minimum absolute atomic E-state index is 0.00967. The summed E-state index contributed by atoms with van der Waals surface area (Å²) in [5, 5.41) is 9.35. The predicted octanol–water partition coefficient (Wildman–Crippen LogP) is 0.235. The van der Waals surface area contributed by atoms with Crippen LogP contribution in [0, 0.1) is 10.1 Å². The van der Waals surface area contributed by atoms with E-state index in [0.29, 0.717) is 5.04 Å². The average Bonchev–Trinajstić information content (AvgIpc) is 2.92. The SMILES string of the molecule is O=C(ON1C(=O)CCC1=O)C(CCSSC1=NCC([N+](=O)[O-])C=C1)S(=O)(=O)O. The number of aliphatic imine (C=N–C) groups is 1. The molecule has 2 aliphatic heterocycles. The number of carbonyl (C=O) groups excluding carboxylic acids is 3. The van der Waals surface area contributed by atoms with Gasteiger partial charge in [-0.15, -0.1) is 5.06 Å². The Kier molecular flexibility index (Phi) is 7.56. The molecule has 1 saturated heterocycles. The van der Waals surface area contributed by atoms with E-state index >= 15 is 0 Å². The number of rotatable bonds is 8. The van der Waals surface area contributed by atoms with E-state index in [9.17, 15) is 37.5 Å². The zero-order valence-electron chi connectivity index (χ0n) is 14.1. The first-order valence-corrected chi connectivity index (χ1v) is 11.6. The van der Waals surface area contributed by atoms with Gasteiger partial charge in [0, 0.05) is 23.5 Å². The zero-order valence-corrected chi connectivity index (χ0v) is 16.6. The van der Waals surface area contributed by atoms with Crippen LogP contribution in [0.2, 0.25) is 0 Å². The summed E-state index contributed by atoms with van der Waals surface area (Å²) in [6.07, 6.45) is 2.20. The fourth-order valence-electron chi connectivity index (χ4n) is 2.13. The summed E-state index contributed by atoms with van der Waals surface area (Å²) in [5.74, 6) is -2.90. The Labute approximate surface area is 167 Å². The average molecular weight is 453 g/mol. The number of hydrogen-bond donors (Lipinski definition) is 1. The summed E-state index contributed by atoms with van der Waals surface area (Å²) in [4.78, 5) is 53.6. The molecule has 12 nitrogen and oxygen atoms in total. The Hall–Kier alpha value is -1.97. The summed E-state index contributed by atoms with van der Waals surface area (Å²) in [6.45, 7) is -0.00967. The van der Waals surface area contributed by atoms with E-state index < -0.39 is 44.1 Å². The molecule has 15 heteroatoms. The smallest absolute Gasteiger partial charge is 0.329 e. The molecule has 2 rings (SSSR count). The predicted molar refractivity (Wildman–Crippen MR) is 99.4 cm³/mol. The first-order chi connectivity index (χ1) is 13.1. The van der Waals surface area contributed by atoms with Gasteiger partial charge in [0.15, 0.2) is 5.25 Å². The van der Waals surface area contributed by atoms with Gasteiger partial charge in [-0.1, -0.05) is 10.8 Å². The summed E-state index contributed by atoms with van der Waals surface area (Å²) < 4.78 is 32.2. The lowest BCUT2D eigenvalue weighted by Gasteiger charge is -2.17. The molecule has 2 heterocycles. The van der Waals surface area contributed by atoms with Crippen LogP contribution < -0.4 is 0 Å². The van der Waals surface area contributed by atoms with Gasteiger partial charge in [-0.3, -0.25) is 29.2 Å². The minimum Gasteiger partial charge on any atom is -0.329 e. The maximum absolute atomic E-state index is 12.0. The number of dihydropyridines is 1. The van der Waals surface area contributed by atoms with Crippen LogP contribution in [-0.4, -0.2) is 69.4 Å². The molecule has 0 saturated carbocycles. The van der Waals surface area contributed by atoms with Crippen LogP contribution in [0.15, 0.2) is 17.1 Å². The Bertz CT molecular complexity index is 823. The van der Waals surface area contributed by atoms with Gasteiger partial charge in [0.2, 0.25) is 0 Å². The van der Waals surface area contributed by atoms with Crippen LogP contribution >= 0.6 is 21.6 Å². The normalized spacial score (nSPS) is 20.8. The second-order valence-electron chi connectivity index (χ2n) is 5.58. The highest BCUT2D eigenvalue weighted by Crippen LogP contribution is 2.27. The van der Waals surface area contributed by atoms with Crippen molar-refractivity contribution in [2.45, 2.75) is 30.6 Å². The van der Waals surface area contributed by atoms with Crippen molar-refractivity contribution in [2.24, 2.45) is 4.99 Å². The van der Waals surface area contributed by atoms with Gasteiger partial charge in [0.05, 0.1) is 0 Å². The van der Waals surface area contributed by atoms with Crippen molar-refractivity contribution in [3.8, 4) is 0 Å². The van der Waals surface area contributed by atoms with E-state index in [0.717, 1.165) is 21.6 Å². The molecule has 2 atom stereocenters. The van der Waals surface area contributed by atoms with Crippen LogP contribution in [0.1, 0.15) is 19.3 Å². The van der Waals surface area contributed by atoms with Crippen molar-refractivity contribution in [1.29, 1.82) is 0 Å². The highest BCUT2D eigenvalue weighted by Gasteiger charge is 2.39. The Balaban J connectivity index is 1.85. The van der Waals surface area contributed by atoms with E-state index in [4.69, 9.17) is 0 Å². The molecule has 2 amide bonds. The van der Waals surface area contributed by atoms with Crippen molar-refractivity contribution in [3.63, 3.8) is 0 Å². The summed E-state index contributed by atoms with van der Waals surface area (Å²) in [7, 11) is -2.60. The third kappa shape index (κ3) is 6.02. The van der Waals surface area contributed by atoms with E-state index in [-0.39, 0.29) is 36.6 Å². The Morgan fingerprint density at radius 3 is 2.57 bits per heavy atom. The molecule has 0 bridgehead atoms. The minimum atomic E-state index is -4.83. The lowest BCUT2D eigenvalue weighted by molar-refractivity contribution is -0.506. The molecule has 154 valence electrons. The molecular weight excluding hydrogens is 438 g/mol. The van der Waals surface area contributed by atoms with Crippen LogP contribution in [0.4, 0.5) is 0 Å². The first-order valence-electron chi connectivity index (χ1n) is 7.79. The van der Waals surface area contributed by atoms with Crippen molar-refractivity contribution in [2.75, 3.05) is 12.3 Å². The van der Waals surface area contributed by atoms with E-state index in [2.05, 4.69) is 9.83 Å². The van der Waals surface area contributed by atoms with Crippen molar-refractivity contribution in [1.82, 2.24) is 5.06 Å². The third-order valence-electron chi connectivity index (χ3n) is 3.58. The molecule has 0 aliphatic carbocycles. The monoisotopic (exact) mass is 453 g/mol. The molecule has 0 aromatic heterocycles. The highest BCUT2D eigenvalue weighted by atomic mass is 33.1. The highest BCUT2D eigenvalue weighted by molar-refractivity contribution is 8.82. The molecule has 0 aromatic carbocycles. The summed E-state index contributed by atoms with van der Waals surface area (Å²) in [6, 6.07) is -0.885. The lowest BCUT2D eigenvalue weighted by Crippen LogP contribution is -2.39. The quantitative estimate of drug-likeness (QED) is 0.133. The van der Waals surface area contributed by atoms with Crippen LogP contribution in [-0.2, 0) is 29.3 Å². The lowest BCUT2D eigenvalue weighted by atomic mass is 10.2. The van der Waals surface area contributed by atoms with Crippen molar-refractivity contribution in [3.05, 3.63) is 22.3 Å². The molecular formula is C13H15N3O9S3. The molecule has 28 heavy (non-hydrogen) atoms. The standard InChI is InChI=1S/C13H15N3O9S3/c17-11-3-4-12(18)15(11)25-13(19)9(28(22,23)24)5-6-26-27-10-2-1-8(7-14-10)16(20)21/h1-2,8-9H,3-7H2,(H,22,23,24). The number of hydrogen-bond acceptors (Lipinski definition) is 11.